The Kier molecular flexibility index (Phi) is 7.60. The molecule has 0 aromatic carbocycles. The summed E-state index contributed by atoms with van der Waals surface area (Å²) < 4.78 is 34.9. The van der Waals surface area contributed by atoms with Crippen LogP contribution in [-0.4, -0.2) is 81.8 Å². The van der Waals surface area contributed by atoms with Crippen LogP contribution >= 0.6 is 26.8 Å². The number of ether oxygens (including phenoxy) is 1. The standard InChI is InChI=1S/C23H34ClN5O9P2/c24-22-27-19(25-2-1-23-6-12-3-13(7-23)5-14(4-12)8-23)16-20(28-22)29(10-26-16)21-18(31)17(30)15(38-21)9-37-40(35,36)11-39(32,33)34/h10,12-15,17-18,21,30-31H,1-9,11H2,(H,35,36)(H,25,27,28)(H2,32,33,34)/t12?,13?,14?,15-,17?,18+,21-,23?/m1/s1. The van der Waals surface area contributed by atoms with Crippen LogP contribution in [0.1, 0.15) is 51.2 Å². The lowest BCUT2D eigenvalue weighted by molar-refractivity contribution is -0.0552. The smallest absolute Gasteiger partial charge is 0.340 e. The average Bonchev–Trinajstić information content (AvgIpc) is 3.36. The van der Waals surface area contributed by atoms with E-state index in [4.69, 9.17) is 30.6 Å². The Labute approximate surface area is 235 Å². The van der Waals surface area contributed by atoms with Crippen molar-refractivity contribution in [3.8, 4) is 0 Å². The average molecular weight is 622 g/mol. The second-order valence-corrected chi connectivity index (χ2v) is 16.4. The molecular weight excluding hydrogens is 588 g/mol. The summed E-state index contributed by atoms with van der Waals surface area (Å²) >= 11 is 6.24. The fourth-order valence-electron chi connectivity index (χ4n) is 7.80. The van der Waals surface area contributed by atoms with E-state index in [1.165, 1.54) is 49.4 Å². The SMILES string of the molecule is O=P(O)(O)CP(=O)(O)OC[C@H]1O[C@@H](n2cnc3c(NCCC45CC6CC(CC(C6)C4)C5)nc(Cl)nc32)[C@@H](O)C1O. The molecule has 14 nitrogen and oxygen atoms in total. The van der Waals surface area contributed by atoms with Crippen LogP contribution in [0.25, 0.3) is 11.2 Å². The molecule has 2 unspecified atom stereocenters. The number of fused-ring (bicyclic) bond motifs is 1. The van der Waals surface area contributed by atoms with Crippen LogP contribution in [0.4, 0.5) is 5.82 Å². The molecule has 5 atom stereocenters. The Hall–Kier alpha value is -1.18. The highest BCUT2D eigenvalue weighted by Crippen LogP contribution is 2.61. The Balaban J connectivity index is 1.14. The van der Waals surface area contributed by atoms with Crippen molar-refractivity contribution in [2.24, 2.45) is 23.2 Å². The third-order valence-corrected chi connectivity index (χ3v) is 12.5. The van der Waals surface area contributed by atoms with Crippen molar-refractivity contribution in [1.29, 1.82) is 0 Å². The van der Waals surface area contributed by atoms with Gasteiger partial charge in [0.15, 0.2) is 29.1 Å². The van der Waals surface area contributed by atoms with Crippen LogP contribution in [0, 0.1) is 23.2 Å². The van der Waals surface area contributed by atoms with Gasteiger partial charge in [0.25, 0.3) is 0 Å². The van der Waals surface area contributed by atoms with Crippen molar-refractivity contribution in [2.45, 2.75) is 69.5 Å². The minimum absolute atomic E-state index is 0.0434. The predicted octanol–water partition coefficient (Wildman–Crippen LogP) is 2.45. The molecule has 6 N–H and O–H groups in total. The first-order valence-electron chi connectivity index (χ1n) is 13.5. The van der Waals surface area contributed by atoms with Gasteiger partial charge in [-0.2, -0.15) is 9.97 Å². The van der Waals surface area contributed by atoms with E-state index in [1.807, 2.05) is 0 Å². The zero-order chi connectivity index (χ0) is 28.4. The summed E-state index contributed by atoms with van der Waals surface area (Å²) in [4.78, 5) is 40.6. The number of rotatable bonds is 10. The summed E-state index contributed by atoms with van der Waals surface area (Å²) in [5.41, 5.74) is 1.04. The highest BCUT2D eigenvalue weighted by Gasteiger charge is 2.50. The molecule has 5 aliphatic rings. The zero-order valence-corrected chi connectivity index (χ0v) is 24.2. The molecule has 4 bridgehead atoms. The fraction of sp³-hybridized carbons (Fsp3) is 0.783. The minimum Gasteiger partial charge on any atom is -0.387 e. The lowest BCUT2D eigenvalue weighted by Gasteiger charge is -2.57. The van der Waals surface area contributed by atoms with Crippen molar-refractivity contribution >= 4 is 43.8 Å². The van der Waals surface area contributed by atoms with E-state index >= 15 is 0 Å². The van der Waals surface area contributed by atoms with Crippen molar-refractivity contribution in [2.75, 3.05) is 24.4 Å². The number of aliphatic hydroxyl groups is 2. The van der Waals surface area contributed by atoms with E-state index in [9.17, 15) is 24.2 Å². The van der Waals surface area contributed by atoms with Crippen molar-refractivity contribution in [3.63, 3.8) is 0 Å². The predicted molar refractivity (Wildman–Crippen MR) is 143 cm³/mol. The largest absolute Gasteiger partial charge is 0.387 e. The fourth-order valence-corrected chi connectivity index (χ4v) is 10.5. The van der Waals surface area contributed by atoms with Crippen molar-refractivity contribution in [1.82, 2.24) is 19.5 Å². The van der Waals surface area contributed by atoms with Gasteiger partial charge in [-0.1, -0.05) is 0 Å². The second-order valence-electron chi connectivity index (χ2n) is 12.0. The molecule has 2 aromatic rings. The molecule has 0 radical (unpaired) electrons. The number of hydrogen-bond donors (Lipinski definition) is 6. The van der Waals surface area contributed by atoms with E-state index in [1.54, 1.807) is 0 Å². The molecule has 40 heavy (non-hydrogen) atoms. The minimum atomic E-state index is -4.82. The highest BCUT2D eigenvalue weighted by atomic mass is 35.5. The molecule has 7 rings (SSSR count). The number of imidazole rings is 1. The maximum Gasteiger partial charge on any atom is 0.340 e. The van der Waals surface area contributed by atoms with E-state index < -0.39 is 52.2 Å². The Morgan fingerprint density at radius 2 is 1.73 bits per heavy atom. The summed E-state index contributed by atoms with van der Waals surface area (Å²) in [7, 11) is -9.50. The lowest BCUT2D eigenvalue weighted by atomic mass is 9.49. The summed E-state index contributed by atoms with van der Waals surface area (Å²) in [5.74, 6) is 1.65. The molecule has 0 amide bonds. The van der Waals surface area contributed by atoms with Crippen LogP contribution < -0.4 is 5.32 Å². The van der Waals surface area contributed by atoms with Crippen LogP contribution in [0.15, 0.2) is 6.33 Å². The van der Waals surface area contributed by atoms with Crippen molar-refractivity contribution < 1.29 is 43.3 Å². The number of aromatic nitrogens is 4. The molecule has 17 heteroatoms. The first-order chi connectivity index (χ1) is 18.8. The van der Waals surface area contributed by atoms with E-state index in [-0.39, 0.29) is 10.9 Å². The number of aliphatic hydroxyl groups excluding tert-OH is 2. The Morgan fingerprint density at radius 3 is 2.35 bits per heavy atom. The maximum absolute atomic E-state index is 12.0. The van der Waals surface area contributed by atoms with Gasteiger partial charge in [-0.05, 0) is 79.7 Å². The zero-order valence-electron chi connectivity index (χ0n) is 21.6. The number of halogens is 1. The van der Waals surface area contributed by atoms with E-state index in [2.05, 4.69) is 20.3 Å². The topological polar surface area (TPSA) is 209 Å². The Morgan fingerprint density at radius 1 is 1.07 bits per heavy atom. The van der Waals surface area contributed by atoms with E-state index in [0.29, 0.717) is 23.3 Å². The second kappa shape index (κ2) is 10.5. The molecule has 5 fully saturated rings. The molecule has 4 aliphatic carbocycles. The number of nitrogens with one attached hydrogen (secondary N) is 1. The summed E-state index contributed by atoms with van der Waals surface area (Å²) in [6.07, 6.45) is 4.95. The lowest BCUT2D eigenvalue weighted by Crippen LogP contribution is -2.46. The number of nitrogens with zero attached hydrogens (tertiary/aromatic N) is 4. The molecular formula is C23H34ClN5O9P2. The van der Waals surface area contributed by atoms with Crippen LogP contribution in [0.3, 0.4) is 0 Å². The van der Waals surface area contributed by atoms with Gasteiger partial charge in [0.1, 0.15) is 18.3 Å². The monoisotopic (exact) mass is 621 g/mol. The van der Waals surface area contributed by atoms with E-state index in [0.717, 1.165) is 24.2 Å². The Bertz CT molecular complexity index is 1340. The van der Waals surface area contributed by atoms with Gasteiger partial charge in [-0.3, -0.25) is 13.7 Å². The first-order valence-corrected chi connectivity index (χ1v) is 17.4. The summed E-state index contributed by atoms with van der Waals surface area (Å²) in [6, 6.07) is 0. The molecule has 2 aromatic heterocycles. The molecule has 3 heterocycles. The third-order valence-electron chi connectivity index (χ3n) is 8.92. The molecule has 222 valence electrons. The van der Waals surface area contributed by atoms with Crippen LogP contribution in [-0.2, 0) is 18.4 Å². The normalized spacial score (nSPS) is 36.8. The quantitative estimate of drug-likeness (QED) is 0.166. The molecule has 1 aliphatic heterocycles. The van der Waals surface area contributed by atoms with Crippen LogP contribution in [0.5, 0.6) is 0 Å². The maximum atomic E-state index is 12.0. The molecule has 0 spiro atoms. The van der Waals surface area contributed by atoms with Gasteiger partial charge in [-0.15, -0.1) is 0 Å². The summed E-state index contributed by atoms with van der Waals surface area (Å²) in [6.45, 7) is 0.0139. The first kappa shape index (κ1) is 28.9. The number of hydrogen-bond acceptors (Lipinski definition) is 10. The van der Waals surface area contributed by atoms with Gasteiger partial charge in [0.05, 0.1) is 12.9 Å². The van der Waals surface area contributed by atoms with Gasteiger partial charge in [0.2, 0.25) is 5.28 Å². The number of anilines is 1. The van der Waals surface area contributed by atoms with Gasteiger partial charge < -0.3 is 39.5 Å². The molecule has 4 saturated carbocycles. The molecule has 1 saturated heterocycles. The van der Waals surface area contributed by atoms with Gasteiger partial charge >= 0.3 is 15.2 Å². The van der Waals surface area contributed by atoms with Crippen molar-refractivity contribution in [3.05, 3.63) is 11.6 Å². The van der Waals surface area contributed by atoms with Crippen LogP contribution in [0.2, 0.25) is 5.28 Å². The third kappa shape index (κ3) is 5.86. The van der Waals surface area contributed by atoms with Gasteiger partial charge in [0, 0.05) is 6.54 Å². The highest BCUT2D eigenvalue weighted by molar-refractivity contribution is 7.70. The van der Waals surface area contributed by atoms with Gasteiger partial charge in [-0.25, -0.2) is 4.98 Å². The summed E-state index contributed by atoms with van der Waals surface area (Å²) in [5, 5.41) is 24.5.